The van der Waals surface area contributed by atoms with Crippen molar-refractivity contribution in [3.05, 3.63) is 87.7 Å². The Morgan fingerprint density at radius 1 is 1.08 bits per heavy atom. The van der Waals surface area contributed by atoms with Gasteiger partial charge >= 0.3 is 6.03 Å². The van der Waals surface area contributed by atoms with E-state index in [1.54, 1.807) is 0 Å². The van der Waals surface area contributed by atoms with E-state index in [0.717, 1.165) is 28.0 Å². The predicted octanol–water partition coefficient (Wildman–Crippen LogP) is 5.24. The first-order chi connectivity index (χ1) is 12.5. The van der Waals surface area contributed by atoms with E-state index in [2.05, 4.69) is 62.3 Å². The van der Waals surface area contributed by atoms with Crippen LogP contribution < -0.4 is 10.6 Å². The third kappa shape index (κ3) is 4.76. The van der Waals surface area contributed by atoms with Crippen LogP contribution in [0.25, 0.3) is 0 Å². The van der Waals surface area contributed by atoms with Gasteiger partial charge in [0.15, 0.2) is 0 Å². The van der Waals surface area contributed by atoms with Crippen LogP contribution in [0.4, 0.5) is 10.5 Å². The lowest BCUT2D eigenvalue weighted by atomic mass is 10.1. The number of nitrogens with zero attached hydrogens (tertiary/aromatic N) is 1. The predicted molar refractivity (Wildman–Crippen MR) is 109 cm³/mol. The molecule has 1 aromatic heterocycles. The van der Waals surface area contributed by atoms with Crippen molar-refractivity contribution in [2.45, 2.75) is 26.9 Å². The lowest BCUT2D eigenvalue weighted by molar-refractivity contribution is 0.251. The highest BCUT2D eigenvalue weighted by Gasteiger charge is 2.06. The zero-order valence-corrected chi connectivity index (χ0v) is 16.5. The van der Waals surface area contributed by atoms with Crippen molar-refractivity contribution in [3.8, 4) is 0 Å². The zero-order chi connectivity index (χ0) is 18.5. The number of amides is 2. The SMILES string of the molecule is Cc1cccc(Cn2cccc2CNC(=O)Nc2ccc(Br)c(C)c2)c1. The molecule has 2 amide bonds. The standard InChI is InChI=1S/C21H22BrN3O/c1-15-5-3-6-17(11-15)14-25-10-4-7-19(25)13-23-21(26)24-18-8-9-20(22)16(2)12-18/h3-12H,13-14H2,1-2H3,(H2,23,24,26). The number of halogens is 1. The van der Waals surface area contributed by atoms with Gasteiger partial charge in [0.25, 0.3) is 0 Å². The average Bonchev–Trinajstić information content (AvgIpc) is 3.03. The molecule has 3 rings (SSSR count). The van der Waals surface area contributed by atoms with Crippen LogP contribution in [-0.4, -0.2) is 10.6 Å². The summed E-state index contributed by atoms with van der Waals surface area (Å²) in [5.74, 6) is 0. The molecule has 4 nitrogen and oxygen atoms in total. The Morgan fingerprint density at radius 3 is 2.69 bits per heavy atom. The summed E-state index contributed by atoms with van der Waals surface area (Å²) in [4.78, 5) is 12.2. The number of hydrogen-bond donors (Lipinski definition) is 2. The van der Waals surface area contributed by atoms with E-state index in [1.807, 2.05) is 43.5 Å². The second kappa shape index (κ2) is 8.23. The summed E-state index contributed by atoms with van der Waals surface area (Å²) in [5, 5.41) is 5.79. The number of aryl methyl sites for hydroxylation is 2. The highest BCUT2D eigenvalue weighted by molar-refractivity contribution is 9.10. The Bertz CT molecular complexity index is 917. The highest BCUT2D eigenvalue weighted by Crippen LogP contribution is 2.20. The largest absolute Gasteiger partial charge is 0.345 e. The third-order valence-electron chi connectivity index (χ3n) is 4.20. The Labute approximate surface area is 162 Å². The molecule has 0 spiro atoms. The maximum Gasteiger partial charge on any atom is 0.319 e. The van der Waals surface area contributed by atoms with Crippen molar-refractivity contribution in [1.82, 2.24) is 9.88 Å². The van der Waals surface area contributed by atoms with E-state index < -0.39 is 0 Å². The fraction of sp³-hybridized carbons (Fsp3) is 0.190. The van der Waals surface area contributed by atoms with Gasteiger partial charge in [-0.25, -0.2) is 4.79 Å². The summed E-state index contributed by atoms with van der Waals surface area (Å²) in [6, 6.07) is 18.0. The summed E-state index contributed by atoms with van der Waals surface area (Å²) in [7, 11) is 0. The number of carbonyl (C=O) groups is 1. The second-order valence-electron chi connectivity index (χ2n) is 6.39. The number of nitrogens with one attached hydrogen (secondary N) is 2. The molecule has 0 bridgehead atoms. The van der Waals surface area contributed by atoms with Gasteiger partial charge in [-0.05, 0) is 55.3 Å². The van der Waals surface area contributed by atoms with Crippen LogP contribution in [0.3, 0.4) is 0 Å². The van der Waals surface area contributed by atoms with Gasteiger partial charge in [0.05, 0.1) is 6.54 Å². The molecule has 0 fully saturated rings. The van der Waals surface area contributed by atoms with E-state index in [1.165, 1.54) is 11.1 Å². The van der Waals surface area contributed by atoms with Gasteiger partial charge in [-0.15, -0.1) is 0 Å². The first kappa shape index (κ1) is 18.3. The molecule has 0 aliphatic carbocycles. The molecule has 3 aromatic rings. The Morgan fingerprint density at radius 2 is 1.92 bits per heavy atom. The van der Waals surface area contributed by atoms with E-state index in [4.69, 9.17) is 0 Å². The van der Waals surface area contributed by atoms with E-state index in [0.29, 0.717) is 6.54 Å². The fourth-order valence-corrected chi connectivity index (χ4v) is 3.09. The summed E-state index contributed by atoms with van der Waals surface area (Å²) in [5.41, 5.74) is 5.41. The van der Waals surface area contributed by atoms with Crippen LogP contribution in [0.1, 0.15) is 22.4 Å². The number of benzene rings is 2. The van der Waals surface area contributed by atoms with Crippen LogP contribution in [0.5, 0.6) is 0 Å². The van der Waals surface area contributed by atoms with E-state index in [-0.39, 0.29) is 6.03 Å². The fourth-order valence-electron chi connectivity index (χ4n) is 2.84. The quantitative estimate of drug-likeness (QED) is 0.592. The van der Waals surface area contributed by atoms with Crippen LogP contribution in [-0.2, 0) is 13.1 Å². The van der Waals surface area contributed by atoms with Gasteiger partial charge in [0.1, 0.15) is 0 Å². The lowest BCUT2D eigenvalue weighted by Crippen LogP contribution is -2.29. The Balaban J connectivity index is 1.59. The molecule has 2 N–H and O–H groups in total. The maximum atomic E-state index is 12.2. The number of rotatable bonds is 5. The molecular formula is C21H22BrN3O. The summed E-state index contributed by atoms with van der Waals surface area (Å²) < 4.78 is 3.18. The van der Waals surface area contributed by atoms with Gasteiger partial charge in [-0.3, -0.25) is 0 Å². The van der Waals surface area contributed by atoms with Gasteiger partial charge in [0, 0.05) is 28.6 Å². The smallest absolute Gasteiger partial charge is 0.319 e. The molecule has 0 aliphatic heterocycles. The van der Waals surface area contributed by atoms with Crippen molar-refractivity contribution in [1.29, 1.82) is 0 Å². The van der Waals surface area contributed by atoms with Crippen molar-refractivity contribution in [3.63, 3.8) is 0 Å². The maximum absolute atomic E-state index is 12.2. The number of anilines is 1. The number of aromatic nitrogens is 1. The van der Waals surface area contributed by atoms with Gasteiger partial charge in [-0.1, -0.05) is 45.8 Å². The van der Waals surface area contributed by atoms with Crippen molar-refractivity contribution in [2.75, 3.05) is 5.32 Å². The highest BCUT2D eigenvalue weighted by atomic mass is 79.9. The number of hydrogen-bond acceptors (Lipinski definition) is 1. The molecule has 2 aromatic carbocycles. The Kier molecular flexibility index (Phi) is 5.78. The van der Waals surface area contributed by atoms with Crippen LogP contribution in [0.2, 0.25) is 0 Å². The average molecular weight is 412 g/mol. The first-order valence-electron chi connectivity index (χ1n) is 8.52. The minimum absolute atomic E-state index is 0.213. The van der Waals surface area contributed by atoms with Gasteiger partial charge < -0.3 is 15.2 Å². The minimum atomic E-state index is -0.213. The normalized spacial score (nSPS) is 10.6. The van der Waals surface area contributed by atoms with Crippen LogP contribution >= 0.6 is 15.9 Å². The molecule has 0 saturated carbocycles. The monoisotopic (exact) mass is 411 g/mol. The topological polar surface area (TPSA) is 46.1 Å². The zero-order valence-electron chi connectivity index (χ0n) is 14.9. The second-order valence-corrected chi connectivity index (χ2v) is 7.24. The molecule has 0 atom stereocenters. The van der Waals surface area contributed by atoms with Gasteiger partial charge in [0.2, 0.25) is 0 Å². The first-order valence-corrected chi connectivity index (χ1v) is 9.31. The van der Waals surface area contributed by atoms with Crippen molar-refractivity contribution >= 4 is 27.6 Å². The molecule has 134 valence electrons. The van der Waals surface area contributed by atoms with E-state index in [9.17, 15) is 4.79 Å². The number of urea groups is 1. The summed E-state index contributed by atoms with van der Waals surface area (Å²) in [6.07, 6.45) is 2.04. The Hall–Kier alpha value is -2.53. The molecular weight excluding hydrogens is 390 g/mol. The summed E-state index contributed by atoms with van der Waals surface area (Å²) in [6.45, 7) is 5.35. The van der Waals surface area contributed by atoms with Crippen molar-refractivity contribution < 1.29 is 4.79 Å². The number of carbonyl (C=O) groups excluding carboxylic acids is 1. The van der Waals surface area contributed by atoms with E-state index >= 15 is 0 Å². The molecule has 1 heterocycles. The molecule has 0 radical (unpaired) electrons. The molecule has 26 heavy (non-hydrogen) atoms. The molecule has 0 saturated heterocycles. The van der Waals surface area contributed by atoms with Crippen LogP contribution in [0.15, 0.2) is 65.3 Å². The molecule has 5 heteroatoms. The van der Waals surface area contributed by atoms with Crippen molar-refractivity contribution in [2.24, 2.45) is 0 Å². The molecule has 0 unspecified atom stereocenters. The summed E-state index contributed by atoms with van der Waals surface area (Å²) >= 11 is 3.46. The molecule has 0 aliphatic rings. The van der Waals surface area contributed by atoms with Gasteiger partial charge in [-0.2, -0.15) is 0 Å². The lowest BCUT2D eigenvalue weighted by Gasteiger charge is -2.12. The van der Waals surface area contributed by atoms with Crippen LogP contribution in [0, 0.1) is 13.8 Å². The minimum Gasteiger partial charge on any atom is -0.345 e. The third-order valence-corrected chi connectivity index (χ3v) is 5.09.